The largest absolute Gasteiger partial charge is 0.305 e. The summed E-state index contributed by atoms with van der Waals surface area (Å²) in [7, 11) is 0. The molecule has 3 heteroatoms. The van der Waals surface area contributed by atoms with Crippen LogP contribution in [0.4, 0.5) is 5.69 Å². The van der Waals surface area contributed by atoms with Gasteiger partial charge in [0.15, 0.2) is 0 Å². The lowest BCUT2D eigenvalue weighted by atomic mass is 10.1. The molecule has 2 nitrogen and oxygen atoms in total. The molecule has 102 valence electrons. The Kier molecular flexibility index (Phi) is 3.38. The minimum absolute atomic E-state index is 0.0642. The number of nitrogens with zero attached hydrogens (tertiary/aromatic N) is 1. The van der Waals surface area contributed by atoms with Gasteiger partial charge in [0.05, 0.1) is 5.56 Å². The average molecular weight is 330 g/mol. The molecule has 1 amide bonds. The van der Waals surface area contributed by atoms with Crippen molar-refractivity contribution in [2.24, 2.45) is 0 Å². The van der Waals surface area contributed by atoms with Gasteiger partial charge in [-0.2, -0.15) is 0 Å². The van der Waals surface area contributed by atoms with Crippen LogP contribution in [0.2, 0.25) is 0 Å². The molecular weight excluding hydrogens is 314 g/mol. The molecule has 2 aromatic rings. The fourth-order valence-electron chi connectivity index (χ4n) is 2.80. The molecule has 3 rings (SSSR count). The van der Waals surface area contributed by atoms with Gasteiger partial charge in [0, 0.05) is 16.2 Å². The van der Waals surface area contributed by atoms with Gasteiger partial charge in [-0.15, -0.1) is 0 Å². The molecular formula is C17H16BrNO. The van der Waals surface area contributed by atoms with Gasteiger partial charge in [-0.1, -0.05) is 24.3 Å². The summed E-state index contributed by atoms with van der Waals surface area (Å²) in [5, 5.41) is 0. The third-order valence-electron chi connectivity index (χ3n) is 3.78. The van der Waals surface area contributed by atoms with Crippen molar-refractivity contribution in [3.8, 4) is 0 Å². The van der Waals surface area contributed by atoms with Crippen LogP contribution in [0.3, 0.4) is 0 Å². The van der Waals surface area contributed by atoms with Gasteiger partial charge in [0.25, 0.3) is 5.91 Å². The van der Waals surface area contributed by atoms with E-state index in [2.05, 4.69) is 28.9 Å². The number of carbonyl (C=O) groups is 1. The van der Waals surface area contributed by atoms with Crippen LogP contribution in [0.5, 0.6) is 0 Å². The monoisotopic (exact) mass is 329 g/mol. The fourth-order valence-corrected chi connectivity index (χ4v) is 3.46. The highest BCUT2D eigenvalue weighted by Gasteiger charge is 2.31. The Bertz CT molecular complexity index is 680. The highest BCUT2D eigenvalue weighted by atomic mass is 79.9. The maximum atomic E-state index is 12.8. The fraction of sp³-hybridized carbons (Fsp3) is 0.235. The number of halogens is 1. The number of hydrogen-bond donors (Lipinski definition) is 0. The maximum absolute atomic E-state index is 12.8. The van der Waals surface area contributed by atoms with Crippen molar-refractivity contribution in [1.82, 2.24) is 0 Å². The highest BCUT2D eigenvalue weighted by molar-refractivity contribution is 9.10. The third-order valence-corrected chi connectivity index (χ3v) is 4.44. The molecule has 1 aliphatic heterocycles. The summed E-state index contributed by atoms with van der Waals surface area (Å²) < 4.78 is 0.860. The van der Waals surface area contributed by atoms with Gasteiger partial charge in [0.2, 0.25) is 0 Å². The molecule has 1 atom stereocenters. The standard InChI is InChI=1S/C17H16BrNO/c1-11-7-8-14(15(18)9-11)17(20)19-12(2)10-13-5-3-4-6-16(13)19/h3-9,12H,10H2,1-2H3. The Morgan fingerprint density at radius 1 is 1.25 bits per heavy atom. The van der Waals surface area contributed by atoms with Crippen molar-refractivity contribution in [2.45, 2.75) is 26.3 Å². The summed E-state index contributed by atoms with van der Waals surface area (Å²) >= 11 is 3.51. The molecule has 0 fully saturated rings. The molecule has 0 aromatic heterocycles. The van der Waals surface area contributed by atoms with Crippen molar-refractivity contribution >= 4 is 27.5 Å². The van der Waals surface area contributed by atoms with Crippen LogP contribution in [0.15, 0.2) is 46.9 Å². The SMILES string of the molecule is Cc1ccc(C(=O)N2c3ccccc3CC2C)c(Br)c1. The molecule has 0 aliphatic carbocycles. The zero-order valence-electron chi connectivity index (χ0n) is 11.6. The molecule has 20 heavy (non-hydrogen) atoms. The molecule has 1 heterocycles. The van der Waals surface area contributed by atoms with E-state index in [9.17, 15) is 4.79 Å². The number of aryl methyl sites for hydroxylation is 1. The van der Waals surface area contributed by atoms with E-state index in [1.54, 1.807) is 0 Å². The molecule has 0 saturated heterocycles. The summed E-state index contributed by atoms with van der Waals surface area (Å²) in [5.74, 6) is 0.0642. The van der Waals surface area contributed by atoms with Crippen molar-refractivity contribution < 1.29 is 4.79 Å². The molecule has 1 aliphatic rings. The molecule has 1 unspecified atom stereocenters. The number of anilines is 1. The normalized spacial score (nSPS) is 17.1. The van der Waals surface area contributed by atoms with Crippen molar-refractivity contribution in [3.63, 3.8) is 0 Å². The number of carbonyl (C=O) groups excluding carboxylic acids is 1. The first-order valence-electron chi connectivity index (χ1n) is 6.75. The zero-order chi connectivity index (χ0) is 14.3. The minimum Gasteiger partial charge on any atom is -0.305 e. The summed E-state index contributed by atoms with van der Waals surface area (Å²) in [6.45, 7) is 4.12. The van der Waals surface area contributed by atoms with Crippen LogP contribution >= 0.6 is 15.9 Å². The summed E-state index contributed by atoms with van der Waals surface area (Å²) in [6.07, 6.45) is 0.922. The molecule has 0 N–H and O–H groups in total. The van der Waals surface area contributed by atoms with Crippen molar-refractivity contribution in [3.05, 3.63) is 63.6 Å². The second kappa shape index (κ2) is 5.06. The summed E-state index contributed by atoms with van der Waals surface area (Å²) in [6, 6.07) is 14.2. The summed E-state index contributed by atoms with van der Waals surface area (Å²) in [5.41, 5.74) is 4.15. The average Bonchev–Trinajstić information content (AvgIpc) is 2.73. The van der Waals surface area contributed by atoms with Gasteiger partial charge in [0.1, 0.15) is 0 Å². The number of hydrogen-bond acceptors (Lipinski definition) is 1. The quantitative estimate of drug-likeness (QED) is 0.761. The van der Waals surface area contributed by atoms with E-state index >= 15 is 0 Å². The van der Waals surface area contributed by atoms with Crippen molar-refractivity contribution in [2.75, 3.05) is 4.90 Å². The molecule has 0 radical (unpaired) electrons. The maximum Gasteiger partial charge on any atom is 0.259 e. The van der Waals surface area contributed by atoms with Gasteiger partial charge >= 0.3 is 0 Å². The molecule has 2 aromatic carbocycles. The zero-order valence-corrected chi connectivity index (χ0v) is 13.1. The lowest BCUT2D eigenvalue weighted by molar-refractivity contribution is 0.0980. The van der Waals surface area contributed by atoms with E-state index in [1.165, 1.54) is 5.56 Å². The van der Waals surface area contributed by atoms with Crippen LogP contribution in [0.1, 0.15) is 28.4 Å². The van der Waals surface area contributed by atoms with Gasteiger partial charge in [-0.25, -0.2) is 0 Å². The predicted molar refractivity (Wildman–Crippen MR) is 85.3 cm³/mol. The predicted octanol–water partition coefficient (Wildman–Crippen LogP) is 4.35. The number of rotatable bonds is 1. The number of para-hydroxylation sites is 1. The second-order valence-electron chi connectivity index (χ2n) is 5.34. The van der Waals surface area contributed by atoms with Gasteiger partial charge in [-0.05, 0) is 65.5 Å². The molecule has 0 saturated carbocycles. The van der Waals surface area contributed by atoms with E-state index in [4.69, 9.17) is 0 Å². The smallest absolute Gasteiger partial charge is 0.259 e. The van der Waals surface area contributed by atoms with Crippen LogP contribution < -0.4 is 4.90 Å². The van der Waals surface area contributed by atoms with Gasteiger partial charge < -0.3 is 4.90 Å². The number of fused-ring (bicyclic) bond motifs is 1. The lowest BCUT2D eigenvalue weighted by Gasteiger charge is -2.23. The van der Waals surface area contributed by atoms with Crippen LogP contribution in [-0.2, 0) is 6.42 Å². The van der Waals surface area contributed by atoms with E-state index < -0.39 is 0 Å². The Balaban J connectivity index is 2.03. The lowest BCUT2D eigenvalue weighted by Crippen LogP contribution is -2.35. The Morgan fingerprint density at radius 3 is 2.75 bits per heavy atom. The van der Waals surface area contributed by atoms with Gasteiger partial charge in [-0.3, -0.25) is 4.79 Å². The topological polar surface area (TPSA) is 20.3 Å². The van der Waals surface area contributed by atoms with E-state index in [0.29, 0.717) is 0 Å². The van der Waals surface area contributed by atoms with E-state index in [-0.39, 0.29) is 11.9 Å². The first kappa shape index (κ1) is 13.4. The van der Waals surface area contributed by atoms with Crippen molar-refractivity contribution in [1.29, 1.82) is 0 Å². The third kappa shape index (κ3) is 2.16. The first-order chi connectivity index (χ1) is 9.58. The first-order valence-corrected chi connectivity index (χ1v) is 7.55. The van der Waals surface area contributed by atoms with E-state index in [1.807, 2.05) is 48.2 Å². The Labute approximate surface area is 127 Å². The molecule has 0 bridgehead atoms. The molecule has 0 spiro atoms. The van der Waals surface area contributed by atoms with Crippen LogP contribution in [-0.4, -0.2) is 11.9 Å². The Hall–Kier alpha value is -1.61. The Morgan fingerprint density at radius 2 is 2.00 bits per heavy atom. The van der Waals surface area contributed by atoms with E-state index in [0.717, 1.165) is 27.7 Å². The minimum atomic E-state index is 0.0642. The number of amides is 1. The summed E-state index contributed by atoms with van der Waals surface area (Å²) in [4.78, 5) is 14.8. The highest BCUT2D eigenvalue weighted by Crippen LogP contribution is 2.34. The number of benzene rings is 2. The van der Waals surface area contributed by atoms with Crippen LogP contribution in [0.25, 0.3) is 0 Å². The second-order valence-corrected chi connectivity index (χ2v) is 6.19. The van der Waals surface area contributed by atoms with Crippen LogP contribution in [0, 0.1) is 6.92 Å².